The zero-order chi connectivity index (χ0) is 13.1. The van der Waals surface area contributed by atoms with Crippen LogP contribution in [0.25, 0.3) is 0 Å². The molecule has 5 heteroatoms. The number of carbonyl (C=O) groups is 1. The quantitative estimate of drug-likeness (QED) is 0.701. The van der Waals surface area contributed by atoms with Gasteiger partial charge in [-0.1, -0.05) is 24.4 Å². The summed E-state index contributed by atoms with van der Waals surface area (Å²) in [6.07, 6.45) is 2.18. The van der Waals surface area contributed by atoms with Crippen molar-refractivity contribution in [3.63, 3.8) is 0 Å². The van der Waals surface area contributed by atoms with Gasteiger partial charge in [0.15, 0.2) is 0 Å². The second-order valence-electron chi connectivity index (χ2n) is 4.56. The molecule has 4 nitrogen and oxygen atoms in total. The van der Waals surface area contributed by atoms with Gasteiger partial charge in [0.1, 0.15) is 4.99 Å². The van der Waals surface area contributed by atoms with Crippen LogP contribution in [0.5, 0.6) is 0 Å². The lowest BCUT2D eigenvalue weighted by Crippen LogP contribution is -2.32. The molecular formula is C13H17N3OS. The molecule has 96 valence electrons. The minimum atomic E-state index is 0.00893. The van der Waals surface area contributed by atoms with E-state index in [1.165, 1.54) is 0 Å². The first-order chi connectivity index (χ1) is 8.58. The SMILES string of the molecule is Cc1cccc(C(N)=S)c1NCC(=O)NC1CC1. The summed E-state index contributed by atoms with van der Waals surface area (Å²) in [5.41, 5.74) is 8.32. The summed E-state index contributed by atoms with van der Waals surface area (Å²) < 4.78 is 0. The molecular weight excluding hydrogens is 246 g/mol. The lowest BCUT2D eigenvalue weighted by atomic mass is 10.1. The molecule has 0 aromatic heterocycles. The maximum atomic E-state index is 11.6. The smallest absolute Gasteiger partial charge is 0.239 e. The van der Waals surface area contributed by atoms with Crippen molar-refractivity contribution < 1.29 is 4.79 Å². The number of hydrogen-bond acceptors (Lipinski definition) is 3. The van der Waals surface area contributed by atoms with Gasteiger partial charge in [-0.3, -0.25) is 4.79 Å². The number of nitrogens with one attached hydrogen (secondary N) is 2. The molecule has 2 rings (SSSR count). The Hall–Kier alpha value is -1.62. The third-order valence-corrected chi connectivity index (χ3v) is 3.13. The summed E-state index contributed by atoms with van der Waals surface area (Å²) in [5, 5.41) is 6.04. The Morgan fingerprint density at radius 1 is 1.50 bits per heavy atom. The van der Waals surface area contributed by atoms with Crippen molar-refractivity contribution in [2.24, 2.45) is 5.73 Å². The normalized spacial score (nSPS) is 14.1. The molecule has 0 unspecified atom stereocenters. The fraction of sp³-hybridized carbons (Fsp3) is 0.385. The van der Waals surface area contributed by atoms with Gasteiger partial charge in [0.2, 0.25) is 5.91 Å². The molecule has 1 aromatic rings. The Morgan fingerprint density at radius 3 is 2.83 bits per heavy atom. The summed E-state index contributed by atoms with van der Waals surface area (Å²) in [6, 6.07) is 6.10. The monoisotopic (exact) mass is 263 g/mol. The molecule has 1 fully saturated rings. The van der Waals surface area contributed by atoms with Crippen molar-refractivity contribution in [3.8, 4) is 0 Å². The number of hydrogen-bond donors (Lipinski definition) is 3. The van der Waals surface area contributed by atoms with Crippen molar-refractivity contribution >= 4 is 28.8 Å². The van der Waals surface area contributed by atoms with E-state index in [0.29, 0.717) is 11.0 Å². The number of thiocarbonyl (C=S) groups is 1. The molecule has 0 saturated heterocycles. The summed E-state index contributed by atoms with van der Waals surface area (Å²) in [5.74, 6) is 0.00893. The lowest BCUT2D eigenvalue weighted by molar-refractivity contribution is -0.119. The molecule has 0 heterocycles. The number of nitrogens with two attached hydrogens (primary N) is 1. The zero-order valence-electron chi connectivity index (χ0n) is 10.3. The number of amides is 1. The van der Waals surface area contributed by atoms with Gasteiger partial charge in [-0.05, 0) is 31.4 Å². The standard InChI is InChI=1S/C13H17N3OS/c1-8-3-2-4-10(13(14)18)12(8)15-7-11(17)16-9-5-6-9/h2-4,9,15H,5-7H2,1H3,(H2,14,18)(H,16,17). The van der Waals surface area contributed by atoms with Gasteiger partial charge in [-0.2, -0.15) is 0 Å². The highest BCUT2D eigenvalue weighted by Crippen LogP contribution is 2.21. The van der Waals surface area contributed by atoms with Crippen molar-refractivity contribution in [2.75, 3.05) is 11.9 Å². The molecule has 0 bridgehead atoms. The van der Waals surface area contributed by atoms with E-state index in [2.05, 4.69) is 10.6 Å². The number of benzene rings is 1. The van der Waals surface area contributed by atoms with Crippen LogP contribution in [-0.2, 0) is 4.79 Å². The average molecular weight is 263 g/mol. The summed E-state index contributed by atoms with van der Waals surface area (Å²) in [7, 11) is 0. The maximum absolute atomic E-state index is 11.6. The molecule has 0 radical (unpaired) electrons. The second kappa shape index (κ2) is 5.35. The minimum Gasteiger partial charge on any atom is -0.389 e. The summed E-state index contributed by atoms with van der Waals surface area (Å²) in [4.78, 5) is 12.0. The van der Waals surface area contributed by atoms with E-state index in [4.69, 9.17) is 18.0 Å². The van der Waals surface area contributed by atoms with Crippen LogP contribution in [0.4, 0.5) is 5.69 Å². The van der Waals surface area contributed by atoms with E-state index >= 15 is 0 Å². The number of carbonyl (C=O) groups excluding carboxylic acids is 1. The van der Waals surface area contributed by atoms with Gasteiger partial charge in [0, 0.05) is 17.3 Å². The number of aryl methyl sites for hydroxylation is 1. The van der Waals surface area contributed by atoms with Crippen LogP contribution in [0.1, 0.15) is 24.0 Å². The van der Waals surface area contributed by atoms with E-state index in [9.17, 15) is 4.79 Å². The highest BCUT2D eigenvalue weighted by molar-refractivity contribution is 7.80. The Bertz CT molecular complexity index is 483. The highest BCUT2D eigenvalue weighted by atomic mass is 32.1. The molecule has 4 N–H and O–H groups in total. The van der Waals surface area contributed by atoms with E-state index in [0.717, 1.165) is 29.7 Å². The number of para-hydroxylation sites is 1. The van der Waals surface area contributed by atoms with Crippen LogP contribution >= 0.6 is 12.2 Å². The first-order valence-electron chi connectivity index (χ1n) is 6.00. The fourth-order valence-corrected chi connectivity index (χ4v) is 1.95. The largest absolute Gasteiger partial charge is 0.389 e. The van der Waals surface area contributed by atoms with E-state index in [1.54, 1.807) is 0 Å². The van der Waals surface area contributed by atoms with Crippen LogP contribution in [0.3, 0.4) is 0 Å². The van der Waals surface area contributed by atoms with Gasteiger partial charge in [-0.25, -0.2) is 0 Å². The molecule has 0 spiro atoms. The van der Waals surface area contributed by atoms with Crippen LogP contribution in [0.15, 0.2) is 18.2 Å². The van der Waals surface area contributed by atoms with Crippen LogP contribution in [-0.4, -0.2) is 23.5 Å². The Balaban J connectivity index is 2.03. The predicted octanol–water partition coefficient (Wildman–Crippen LogP) is 1.32. The van der Waals surface area contributed by atoms with Crippen LogP contribution in [0, 0.1) is 6.92 Å². The van der Waals surface area contributed by atoms with Crippen LogP contribution < -0.4 is 16.4 Å². The minimum absolute atomic E-state index is 0.00893. The Kier molecular flexibility index (Phi) is 3.81. The van der Waals surface area contributed by atoms with E-state index < -0.39 is 0 Å². The number of rotatable bonds is 5. The first-order valence-corrected chi connectivity index (χ1v) is 6.41. The van der Waals surface area contributed by atoms with E-state index in [1.807, 2.05) is 25.1 Å². The predicted molar refractivity (Wildman–Crippen MR) is 76.7 cm³/mol. The van der Waals surface area contributed by atoms with Crippen LogP contribution in [0.2, 0.25) is 0 Å². The molecule has 1 amide bonds. The van der Waals surface area contributed by atoms with Gasteiger partial charge >= 0.3 is 0 Å². The highest BCUT2D eigenvalue weighted by Gasteiger charge is 2.23. The van der Waals surface area contributed by atoms with Gasteiger partial charge in [0.25, 0.3) is 0 Å². The first kappa shape index (κ1) is 12.8. The summed E-state index contributed by atoms with van der Waals surface area (Å²) >= 11 is 5.01. The van der Waals surface area contributed by atoms with Gasteiger partial charge in [-0.15, -0.1) is 0 Å². The topological polar surface area (TPSA) is 67.1 Å². The molecule has 1 saturated carbocycles. The van der Waals surface area contributed by atoms with Crippen molar-refractivity contribution in [3.05, 3.63) is 29.3 Å². The lowest BCUT2D eigenvalue weighted by Gasteiger charge is -2.13. The molecule has 1 aliphatic rings. The number of anilines is 1. The molecule has 0 atom stereocenters. The zero-order valence-corrected chi connectivity index (χ0v) is 11.1. The summed E-state index contributed by atoms with van der Waals surface area (Å²) in [6.45, 7) is 2.21. The fourth-order valence-electron chi connectivity index (χ4n) is 1.78. The van der Waals surface area contributed by atoms with Gasteiger partial charge in [0.05, 0.1) is 6.54 Å². The molecule has 1 aliphatic carbocycles. The van der Waals surface area contributed by atoms with Crippen molar-refractivity contribution in [1.29, 1.82) is 0 Å². The third kappa shape index (κ3) is 3.20. The maximum Gasteiger partial charge on any atom is 0.239 e. The average Bonchev–Trinajstić information content (AvgIpc) is 3.10. The Morgan fingerprint density at radius 2 is 2.22 bits per heavy atom. The van der Waals surface area contributed by atoms with Gasteiger partial charge < -0.3 is 16.4 Å². The van der Waals surface area contributed by atoms with E-state index in [-0.39, 0.29) is 12.5 Å². The Labute approximate surface area is 112 Å². The third-order valence-electron chi connectivity index (χ3n) is 2.91. The molecule has 0 aliphatic heterocycles. The van der Waals surface area contributed by atoms with Crippen molar-refractivity contribution in [1.82, 2.24) is 5.32 Å². The molecule has 18 heavy (non-hydrogen) atoms. The van der Waals surface area contributed by atoms with Crippen molar-refractivity contribution in [2.45, 2.75) is 25.8 Å². The molecule has 1 aromatic carbocycles. The second-order valence-corrected chi connectivity index (χ2v) is 5.00.